The van der Waals surface area contributed by atoms with Gasteiger partial charge in [0.05, 0.1) is 5.56 Å². The van der Waals surface area contributed by atoms with E-state index in [0.29, 0.717) is 22.6 Å². The Hall–Kier alpha value is -3.53. The maximum absolute atomic E-state index is 10.7. The summed E-state index contributed by atoms with van der Waals surface area (Å²) in [6.45, 7) is 13.1. The lowest BCUT2D eigenvalue weighted by molar-refractivity contribution is 0.473. The van der Waals surface area contributed by atoms with Crippen molar-refractivity contribution in [2.75, 3.05) is 0 Å². The molecule has 0 saturated heterocycles. The fourth-order valence-corrected chi connectivity index (χ4v) is 4.03. The lowest BCUT2D eigenvalue weighted by Crippen LogP contribution is -2.10. The molecular formula is C29H29NO3. The highest BCUT2D eigenvalue weighted by molar-refractivity contribution is 5.90. The van der Waals surface area contributed by atoms with Gasteiger partial charge in [0.2, 0.25) is 5.89 Å². The van der Waals surface area contributed by atoms with Gasteiger partial charge in [0.25, 0.3) is 0 Å². The number of phenols is 1. The number of benzene rings is 3. The number of phenolic OH excluding ortho intramolecular Hbond substituents is 1. The molecule has 0 saturated carbocycles. The lowest BCUT2D eigenvalue weighted by atomic mass is 9.86. The molecule has 0 aliphatic heterocycles. The molecule has 2 heterocycles. The normalized spacial score (nSPS) is 12.7. The summed E-state index contributed by atoms with van der Waals surface area (Å²) < 4.78 is 12.0. The molecule has 3 aromatic carbocycles. The zero-order valence-electron chi connectivity index (χ0n) is 20.0. The standard InChI is InChI=1S/C29H29NO3/c1-28(2,3)19-9-7-17(8-10-19)25-14-18-13-21(23(31)16-26(18)32-25)27-30-22-15-20(29(4,5)6)11-12-24(22)33-27/h7-16,31H,1-6H3. The molecule has 0 fully saturated rings. The van der Waals surface area contributed by atoms with Crippen molar-refractivity contribution in [2.24, 2.45) is 0 Å². The van der Waals surface area contributed by atoms with Crippen LogP contribution in [0.2, 0.25) is 0 Å². The number of oxazole rings is 1. The van der Waals surface area contributed by atoms with Gasteiger partial charge >= 0.3 is 0 Å². The first-order valence-electron chi connectivity index (χ1n) is 11.3. The first kappa shape index (κ1) is 21.3. The van der Waals surface area contributed by atoms with Gasteiger partial charge in [-0.05, 0) is 46.2 Å². The monoisotopic (exact) mass is 439 g/mol. The molecule has 0 radical (unpaired) electrons. The van der Waals surface area contributed by atoms with Crippen LogP contribution in [0.4, 0.5) is 0 Å². The Labute approximate surface area is 193 Å². The highest BCUT2D eigenvalue weighted by Gasteiger charge is 2.19. The van der Waals surface area contributed by atoms with Crippen molar-refractivity contribution in [3.63, 3.8) is 0 Å². The van der Waals surface area contributed by atoms with Gasteiger partial charge < -0.3 is 13.9 Å². The van der Waals surface area contributed by atoms with E-state index in [1.165, 1.54) is 11.1 Å². The Morgan fingerprint density at radius 1 is 0.697 bits per heavy atom. The molecule has 0 amide bonds. The van der Waals surface area contributed by atoms with Crippen LogP contribution in [0.15, 0.2) is 69.5 Å². The molecule has 5 aromatic rings. The SMILES string of the molecule is CC(C)(C)c1ccc(-c2cc3cc(-c4nc5cc(C(C)(C)C)ccc5o4)c(O)cc3o2)cc1. The highest BCUT2D eigenvalue weighted by atomic mass is 16.4. The predicted octanol–water partition coefficient (Wildman–Crippen LogP) is 8.21. The maximum atomic E-state index is 10.7. The van der Waals surface area contributed by atoms with E-state index in [2.05, 4.69) is 82.9 Å². The third kappa shape index (κ3) is 3.91. The molecule has 0 aliphatic rings. The lowest BCUT2D eigenvalue weighted by Gasteiger charge is -2.18. The molecule has 33 heavy (non-hydrogen) atoms. The van der Waals surface area contributed by atoms with Crippen molar-refractivity contribution in [3.05, 3.63) is 71.8 Å². The van der Waals surface area contributed by atoms with Gasteiger partial charge in [0.1, 0.15) is 22.6 Å². The summed E-state index contributed by atoms with van der Waals surface area (Å²) in [5.74, 6) is 1.23. The number of furan rings is 1. The molecule has 4 heteroatoms. The summed E-state index contributed by atoms with van der Waals surface area (Å²) in [4.78, 5) is 4.67. The third-order valence-electron chi connectivity index (χ3n) is 6.15. The van der Waals surface area contributed by atoms with E-state index in [1.54, 1.807) is 6.07 Å². The quantitative estimate of drug-likeness (QED) is 0.301. The van der Waals surface area contributed by atoms with Crippen molar-refractivity contribution in [1.29, 1.82) is 0 Å². The zero-order valence-corrected chi connectivity index (χ0v) is 20.0. The Balaban J connectivity index is 1.54. The van der Waals surface area contributed by atoms with Crippen LogP contribution in [-0.4, -0.2) is 10.1 Å². The summed E-state index contributed by atoms with van der Waals surface area (Å²) in [6.07, 6.45) is 0. The van der Waals surface area contributed by atoms with Crippen molar-refractivity contribution in [2.45, 2.75) is 52.4 Å². The number of aromatic hydroxyl groups is 1. The van der Waals surface area contributed by atoms with Crippen molar-refractivity contribution in [1.82, 2.24) is 4.98 Å². The number of fused-ring (bicyclic) bond motifs is 2. The van der Waals surface area contributed by atoms with Crippen molar-refractivity contribution >= 4 is 22.1 Å². The number of hydrogen-bond acceptors (Lipinski definition) is 4. The fourth-order valence-electron chi connectivity index (χ4n) is 4.03. The molecule has 2 aromatic heterocycles. The second-order valence-corrected chi connectivity index (χ2v) is 10.8. The smallest absolute Gasteiger partial charge is 0.231 e. The van der Waals surface area contributed by atoms with E-state index in [0.717, 1.165) is 22.2 Å². The van der Waals surface area contributed by atoms with Gasteiger partial charge in [0, 0.05) is 17.0 Å². The Kier molecular flexibility index (Phi) is 4.68. The average Bonchev–Trinajstić information content (AvgIpc) is 3.34. The maximum Gasteiger partial charge on any atom is 0.231 e. The van der Waals surface area contributed by atoms with E-state index < -0.39 is 0 Å². The first-order valence-corrected chi connectivity index (χ1v) is 11.3. The number of hydrogen-bond donors (Lipinski definition) is 1. The second-order valence-electron chi connectivity index (χ2n) is 10.8. The minimum atomic E-state index is 0.0205. The van der Waals surface area contributed by atoms with Crippen LogP contribution in [0.3, 0.4) is 0 Å². The van der Waals surface area contributed by atoms with Gasteiger partial charge in [-0.15, -0.1) is 0 Å². The predicted molar refractivity (Wildman–Crippen MR) is 134 cm³/mol. The molecule has 5 rings (SSSR count). The number of rotatable bonds is 2. The minimum Gasteiger partial charge on any atom is -0.507 e. The average molecular weight is 440 g/mol. The molecule has 1 N–H and O–H groups in total. The molecule has 0 spiro atoms. The van der Waals surface area contributed by atoms with Gasteiger partial charge in [0.15, 0.2) is 5.58 Å². The van der Waals surface area contributed by atoms with Gasteiger partial charge in [-0.3, -0.25) is 0 Å². The first-order chi connectivity index (χ1) is 15.5. The van der Waals surface area contributed by atoms with Crippen LogP contribution in [-0.2, 0) is 10.8 Å². The zero-order chi connectivity index (χ0) is 23.5. The second kappa shape index (κ2) is 7.24. The molecule has 168 valence electrons. The Morgan fingerprint density at radius 3 is 2.03 bits per heavy atom. The molecule has 0 bridgehead atoms. The van der Waals surface area contributed by atoms with Crippen LogP contribution in [0.5, 0.6) is 5.75 Å². The van der Waals surface area contributed by atoms with E-state index in [9.17, 15) is 5.11 Å². The van der Waals surface area contributed by atoms with Gasteiger partial charge in [-0.1, -0.05) is 71.9 Å². The summed E-state index contributed by atoms with van der Waals surface area (Å²) in [6, 6.07) is 20.0. The largest absolute Gasteiger partial charge is 0.507 e. The van der Waals surface area contributed by atoms with Crippen LogP contribution in [0.1, 0.15) is 52.7 Å². The number of aromatic nitrogens is 1. The molecule has 0 unspecified atom stereocenters. The number of nitrogens with zero attached hydrogens (tertiary/aromatic N) is 1. The topological polar surface area (TPSA) is 59.4 Å². The summed E-state index contributed by atoms with van der Waals surface area (Å²) in [7, 11) is 0. The summed E-state index contributed by atoms with van der Waals surface area (Å²) in [5, 5.41) is 11.6. The van der Waals surface area contributed by atoms with E-state index in [4.69, 9.17) is 8.83 Å². The van der Waals surface area contributed by atoms with E-state index >= 15 is 0 Å². The summed E-state index contributed by atoms with van der Waals surface area (Å²) in [5.41, 5.74) is 6.22. The Morgan fingerprint density at radius 2 is 1.36 bits per heavy atom. The highest BCUT2D eigenvalue weighted by Crippen LogP contribution is 2.38. The van der Waals surface area contributed by atoms with Crippen LogP contribution in [0, 0.1) is 0 Å². The van der Waals surface area contributed by atoms with E-state index in [-0.39, 0.29) is 16.6 Å². The van der Waals surface area contributed by atoms with Crippen LogP contribution in [0.25, 0.3) is 44.8 Å². The molecule has 4 nitrogen and oxygen atoms in total. The van der Waals surface area contributed by atoms with Gasteiger partial charge in [-0.25, -0.2) is 4.98 Å². The summed E-state index contributed by atoms with van der Waals surface area (Å²) >= 11 is 0. The Bertz CT molecular complexity index is 1470. The molecule has 0 aliphatic carbocycles. The molecule has 0 atom stereocenters. The van der Waals surface area contributed by atoms with Crippen molar-refractivity contribution in [3.8, 4) is 28.5 Å². The minimum absolute atomic E-state index is 0.0205. The fraction of sp³-hybridized carbons (Fsp3) is 0.276. The van der Waals surface area contributed by atoms with Gasteiger partial charge in [-0.2, -0.15) is 0 Å². The molecular weight excluding hydrogens is 410 g/mol. The van der Waals surface area contributed by atoms with Crippen LogP contribution < -0.4 is 0 Å². The third-order valence-corrected chi connectivity index (χ3v) is 6.15. The van der Waals surface area contributed by atoms with E-state index in [1.807, 2.05) is 18.2 Å². The van der Waals surface area contributed by atoms with Crippen molar-refractivity contribution < 1.29 is 13.9 Å². The van der Waals surface area contributed by atoms with Crippen LogP contribution >= 0.6 is 0 Å².